The molecule has 11 nitrogen and oxygen atoms in total. The Morgan fingerprint density at radius 2 is 1.81 bits per heavy atom. The molecule has 54 heavy (non-hydrogen) atoms. The maximum atomic E-state index is 12.8. The standard InChI is InChI=1S/C41H45ClN6O5S/c1-25-30(12-13-32(37(25)42)51-21-20-48-18-16-47(2)17-19-48)35-36-34(23-44-38(35)26-7-5-8-26)54-46-40(36)53-33(41(49)50)22-28-6-3-4-9-31(28)52-24-29-14-15-43-39(45-29)27-10-11-27/h3-4,6,9,12-15,23,26-27,33H,5,7-8,10-11,16-22,24H2,1-2H3,(H,49,50)/t33-/m1/s1. The fourth-order valence-electron chi connectivity index (χ4n) is 7.18. The van der Waals surface area contributed by atoms with Crippen LogP contribution in [0.2, 0.25) is 5.02 Å². The molecule has 282 valence electrons. The Morgan fingerprint density at radius 1 is 1.00 bits per heavy atom. The molecule has 3 fully saturated rings. The Hall–Kier alpha value is -4.36. The molecule has 2 aliphatic carbocycles. The largest absolute Gasteiger partial charge is 0.491 e. The number of halogens is 1. The number of hydrogen-bond acceptors (Lipinski definition) is 11. The molecule has 1 atom stereocenters. The highest BCUT2D eigenvalue weighted by Gasteiger charge is 2.31. The van der Waals surface area contributed by atoms with E-state index in [0.717, 1.165) is 109 Å². The molecular formula is C41H45ClN6O5S. The van der Waals surface area contributed by atoms with E-state index < -0.39 is 12.1 Å². The van der Waals surface area contributed by atoms with Crippen molar-refractivity contribution < 1.29 is 24.1 Å². The number of carboxylic acid groups (broad SMARTS) is 1. The summed E-state index contributed by atoms with van der Waals surface area (Å²) in [7, 11) is 2.15. The molecule has 3 aliphatic rings. The summed E-state index contributed by atoms with van der Waals surface area (Å²) < 4.78 is 24.3. The molecule has 0 unspecified atom stereocenters. The first kappa shape index (κ1) is 36.6. The number of ether oxygens (including phenoxy) is 3. The van der Waals surface area contributed by atoms with Crippen LogP contribution in [0.25, 0.3) is 21.2 Å². The van der Waals surface area contributed by atoms with E-state index in [9.17, 15) is 9.90 Å². The van der Waals surface area contributed by atoms with Gasteiger partial charge in [0.1, 0.15) is 30.5 Å². The quantitative estimate of drug-likeness (QED) is 0.114. The molecule has 2 saturated carbocycles. The third kappa shape index (κ3) is 8.02. The van der Waals surface area contributed by atoms with Gasteiger partial charge in [-0.15, -0.1) is 0 Å². The second kappa shape index (κ2) is 16.2. The molecular weight excluding hydrogens is 724 g/mol. The van der Waals surface area contributed by atoms with Crippen molar-refractivity contribution in [3.63, 3.8) is 0 Å². The van der Waals surface area contributed by atoms with E-state index in [1.54, 1.807) is 6.20 Å². The average molecular weight is 769 g/mol. The van der Waals surface area contributed by atoms with Crippen LogP contribution in [0.1, 0.15) is 72.3 Å². The number of carboxylic acids is 1. The second-order valence-corrected chi connectivity index (χ2v) is 15.8. The van der Waals surface area contributed by atoms with Crippen molar-refractivity contribution in [2.75, 3.05) is 46.4 Å². The number of aliphatic carboxylic acids is 1. The summed E-state index contributed by atoms with van der Waals surface area (Å²) in [4.78, 5) is 31.6. The van der Waals surface area contributed by atoms with Gasteiger partial charge in [-0.05, 0) is 86.1 Å². The number of fused-ring (bicyclic) bond motifs is 1. The molecule has 1 N–H and O–H groups in total. The minimum absolute atomic E-state index is 0.0720. The SMILES string of the molecule is Cc1c(-c2c(C3CCC3)ncc3snc(O[C@H](Cc4ccccc4OCc4ccnc(C5CC5)n4)C(=O)O)c23)ccc(OCCN2CCN(C)CC2)c1Cl. The normalized spacial score (nSPS) is 17.3. The van der Waals surface area contributed by atoms with Crippen LogP contribution in [0, 0.1) is 6.92 Å². The Balaban J connectivity index is 1.05. The molecule has 5 aromatic rings. The van der Waals surface area contributed by atoms with Gasteiger partial charge >= 0.3 is 5.97 Å². The van der Waals surface area contributed by atoms with Gasteiger partial charge in [-0.25, -0.2) is 14.8 Å². The number of nitrogens with zero attached hydrogens (tertiary/aromatic N) is 6. The molecule has 2 aromatic carbocycles. The van der Waals surface area contributed by atoms with Crippen molar-refractivity contribution >= 4 is 39.2 Å². The van der Waals surface area contributed by atoms with Gasteiger partial charge in [0.2, 0.25) is 12.0 Å². The number of rotatable bonds is 15. The van der Waals surface area contributed by atoms with Crippen molar-refractivity contribution in [3.8, 4) is 28.5 Å². The van der Waals surface area contributed by atoms with Gasteiger partial charge in [-0.2, -0.15) is 4.37 Å². The number of benzene rings is 2. The first-order valence-electron chi connectivity index (χ1n) is 18.9. The summed E-state index contributed by atoms with van der Waals surface area (Å²) >= 11 is 8.30. The van der Waals surface area contributed by atoms with E-state index in [-0.39, 0.29) is 24.8 Å². The zero-order valence-electron chi connectivity index (χ0n) is 30.7. The van der Waals surface area contributed by atoms with Gasteiger partial charge < -0.3 is 24.2 Å². The highest BCUT2D eigenvalue weighted by atomic mass is 35.5. The van der Waals surface area contributed by atoms with E-state index in [2.05, 4.69) is 31.2 Å². The zero-order valence-corrected chi connectivity index (χ0v) is 32.2. The molecule has 0 radical (unpaired) electrons. The van der Waals surface area contributed by atoms with Crippen molar-refractivity contribution in [1.29, 1.82) is 0 Å². The average Bonchev–Trinajstić information content (AvgIpc) is 3.94. The van der Waals surface area contributed by atoms with Crippen LogP contribution in [0.4, 0.5) is 0 Å². The third-order valence-corrected chi connectivity index (χ3v) is 12.1. The Kier molecular flexibility index (Phi) is 11.0. The van der Waals surface area contributed by atoms with Crippen molar-refractivity contribution in [2.24, 2.45) is 0 Å². The zero-order chi connectivity index (χ0) is 37.2. The minimum Gasteiger partial charge on any atom is -0.491 e. The number of piperazine rings is 1. The van der Waals surface area contributed by atoms with Crippen LogP contribution < -0.4 is 14.2 Å². The number of likely N-dealkylation sites (N-methyl/N-ethyl adjacent to an activating group) is 1. The van der Waals surface area contributed by atoms with Crippen LogP contribution in [0.15, 0.2) is 54.9 Å². The summed E-state index contributed by atoms with van der Waals surface area (Å²) in [6.45, 7) is 7.80. The lowest BCUT2D eigenvalue weighted by molar-refractivity contribution is -0.145. The number of para-hydroxylation sites is 1. The Morgan fingerprint density at radius 3 is 2.57 bits per heavy atom. The van der Waals surface area contributed by atoms with Gasteiger partial charge in [-0.3, -0.25) is 9.88 Å². The number of aromatic nitrogens is 4. The summed E-state index contributed by atoms with van der Waals surface area (Å²) in [6.07, 6.45) is 7.88. The second-order valence-electron chi connectivity index (χ2n) is 14.6. The lowest BCUT2D eigenvalue weighted by atomic mass is 9.79. The van der Waals surface area contributed by atoms with E-state index in [1.165, 1.54) is 11.5 Å². The molecule has 0 bridgehead atoms. The van der Waals surface area contributed by atoms with Crippen LogP contribution in [0.5, 0.6) is 17.4 Å². The fraction of sp³-hybridized carbons (Fsp3) is 0.439. The number of hydrogen-bond donors (Lipinski definition) is 1. The number of pyridine rings is 1. The molecule has 13 heteroatoms. The van der Waals surface area contributed by atoms with E-state index in [1.807, 2.05) is 55.6 Å². The lowest BCUT2D eigenvalue weighted by Gasteiger charge is -2.32. The predicted molar refractivity (Wildman–Crippen MR) is 209 cm³/mol. The smallest absolute Gasteiger partial charge is 0.345 e. The minimum atomic E-state index is -1.23. The third-order valence-electron chi connectivity index (χ3n) is 10.8. The van der Waals surface area contributed by atoms with Crippen molar-refractivity contribution in [2.45, 2.75) is 70.0 Å². The van der Waals surface area contributed by atoms with Crippen LogP contribution >= 0.6 is 23.1 Å². The van der Waals surface area contributed by atoms with Crippen LogP contribution in [-0.2, 0) is 17.8 Å². The fourth-order valence-corrected chi connectivity index (χ4v) is 8.10. The van der Waals surface area contributed by atoms with E-state index in [4.69, 9.17) is 30.8 Å². The molecule has 1 saturated heterocycles. The highest BCUT2D eigenvalue weighted by molar-refractivity contribution is 7.13. The summed E-state index contributed by atoms with van der Waals surface area (Å²) in [5.41, 5.74) is 5.13. The molecule has 0 amide bonds. The van der Waals surface area contributed by atoms with Crippen molar-refractivity contribution in [1.82, 2.24) is 29.1 Å². The highest BCUT2D eigenvalue weighted by Crippen LogP contribution is 2.48. The maximum Gasteiger partial charge on any atom is 0.345 e. The van der Waals surface area contributed by atoms with Gasteiger partial charge in [0, 0.05) is 68.9 Å². The van der Waals surface area contributed by atoms with Gasteiger partial charge in [0.05, 0.1) is 26.5 Å². The molecule has 8 rings (SSSR count). The molecule has 3 aromatic heterocycles. The van der Waals surface area contributed by atoms with E-state index in [0.29, 0.717) is 34.6 Å². The summed E-state index contributed by atoms with van der Waals surface area (Å²) in [5.74, 6) is 1.98. The van der Waals surface area contributed by atoms with Crippen LogP contribution in [0.3, 0.4) is 0 Å². The van der Waals surface area contributed by atoms with E-state index >= 15 is 0 Å². The molecule has 1 aliphatic heterocycles. The summed E-state index contributed by atoms with van der Waals surface area (Å²) in [6, 6.07) is 13.3. The first-order valence-corrected chi connectivity index (χ1v) is 20.0. The monoisotopic (exact) mass is 768 g/mol. The van der Waals surface area contributed by atoms with Crippen molar-refractivity contribution in [3.05, 3.63) is 88.2 Å². The summed E-state index contributed by atoms with van der Waals surface area (Å²) in [5, 5.41) is 11.8. The Labute approximate surface area is 324 Å². The van der Waals surface area contributed by atoms with Gasteiger partial charge in [-0.1, -0.05) is 42.3 Å². The first-order chi connectivity index (χ1) is 26.3. The predicted octanol–water partition coefficient (Wildman–Crippen LogP) is 7.53. The van der Waals surface area contributed by atoms with Gasteiger partial charge in [0.15, 0.2) is 0 Å². The maximum absolute atomic E-state index is 12.8. The van der Waals surface area contributed by atoms with Gasteiger partial charge in [0.25, 0.3) is 0 Å². The molecule has 0 spiro atoms. The topological polar surface area (TPSA) is 123 Å². The van der Waals surface area contributed by atoms with Crippen LogP contribution in [-0.4, -0.2) is 92.7 Å². The number of carbonyl (C=O) groups is 1. The lowest BCUT2D eigenvalue weighted by Crippen LogP contribution is -2.45. The molecule has 4 heterocycles. The Bertz CT molecular complexity index is 2130.